The highest BCUT2D eigenvalue weighted by atomic mass is 16.8. The molecule has 0 aromatic rings. The van der Waals surface area contributed by atoms with E-state index in [0.717, 1.165) is 0 Å². The molecular formula is C49H80O21. The third-order valence-electron chi connectivity index (χ3n) is 20.0. The first-order valence-corrected chi connectivity index (χ1v) is 25.2. The number of fused-ring (bicyclic) bond motifs is 7. The van der Waals surface area contributed by atoms with Gasteiger partial charge in [0.05, 0.1) is 37.6 Å². The molecule has 0 bridgehead atoms. The molecule has 8 fully saturated rings. The standard InChI is InChI=1S/C49H80O21/c1-21(52)65-30-17-47(8)46(7)13-9-25-44(4,5)28(68-41-38(31(54)22(53)20-64-41)70-40-37(60)35(58)33(56)24(19-51)67-40)11-12-45(25,6)26(46)10-14-48(47,63)27-15-43(2,3)16-29(49(27,30)42(61)62)69-39-36(59)34(57)32(55)23(18-50)66-39/h22-41,50-51,53-60,63H,9-20H2,1-8H3,(H,61,62)/t22-,23+,24-,25-,26+,27+,28+,29-,30-,31-,32+,33-,34+,35-,36+,37-,38-,39-,40-,41+,45-,46-,47-,48-,49+/m1/s1. The van der Waals surface area contributed by atoms with Gasteiger partial charge in [0.1, 0.15) is 78.7 Å². The van der Waals surface area contributed by atoms with Crippen molar-refractivity contribution in [3.8, 4) is 0 Å². The predicted octanol–water partition coefficient (Wildman–Crippen LogP) is -0.947. The summed E-state index contributed by atoms with van der Waals surface area (Å²) in [5.41, 5.74) is -7.10. The van der Waals surface area contributed by atoms with Gasteiger partial charge >= 0.3 is 11.9 Å². The predicted molar refractivity (Wildman–Crippen MR) is 238 cm³/mol. The number of carbonyl (C=O) groups is 2. The van der Waals surface area contributed by atoms with E-state index in [1.54, 1.807) is 0 Å². The molecule has 8 aliphatic rings. The summed E-state index contributed by atoms with van der Waals surface area (Å²) in [7, 11) is 0. The lowest BCUT2D eigenvalue weighted by molar-refractivity contribution is -0.373. The Hall–Kier alpha value is -1.74. The number of hydrogen-bond donors (Lipinski definition) is 12. The molecule has 21 heteroatoms. The Morgan fingerprint density at radius 2 is 1.16 bits per heavy atom. The monoisotopic (exact) mass is 1000 g/mol. The van der Waals surface area contributed by atoms with E-state index >= 15 is 0 Å². The second-order valence-electron chi connectivity index (χ2n) is 24.4. The van der Waals surface area contributed by atoms with Gasteiger partial charge in [-0.15, -0.1) is 0 Å². The number of ether oxygens (including phenoxy) is 7. The molecule has 0 spiro atoms. The molecule has 21 nitrogen and oxygen atoms in total. The number of carbonyl (C=O) groups excluding carboxylic acids is 1. The average Bonchev–Trinajstić information content (AvgIpc) is 3.27. The van der Waals surface area contributed by atoms with Crippen molar-refractivity contribution >= 4 is 11.9 Å². The first-order chi connectivity index (χ1) is 32.5. The van der Waals surface area contributed by atoms with E-state index in [0.29, 0.717) is 32.1 Å². The molecule has 5 saturated carbocycles. The van der Waals surface area contributed by atoms with Crippen LogP contribution in [0.4, 0.5) is 0 Å². The molecule has 25 atom stereocenters. The van der Waals surface area contributed by atoms with Crippen LogP contribution in [-0.2, 0) is 42.7 Å². The molecule has 0 amide bonds. The van der Waals surface area contributed by atoms with Crippen LogP contribution in [0.1, 0.15) is 113 Å². The Morgan fingerprint density at radius 3 is 1.71 bits per heavy atom. The van der Waals surface area contributed by atoms with Crippen LogP contribution in [0, 0.1) is 50.2 Å². The minimum atomic E-state index is -2.08. The number of carboxylic acid groups (broad SMARTS) is 1. The zero-order valence-electron chi connectivity index (χ0n) is 41.6. The van der Waals surface area contributed by atoms with Crippen LogP contribution in [0.2, 0.25) is 0 Å². The van der Waals surface area contributed by atoms with Crippen LogP contribution in [0.3, 0.4) is 0 Å². The molecule has 0 radical (unpaired) electrons. The van der Waals surface area contributed by atoms with Gasteiger partial charge in [-0.3, -0.25) is 9.59 Å². The molecule has 0 aromatic carbocycles. The van der Waals surface area contributed by atoms with Crippen molar-refractivity contribution in [3.05, 3.63) is 0 Å². The quantitative estimate of drug-likeness (QED) is 0.0927. The third-order valence-corrected chi connectivity index (χ3v) is 20.0. The van der Waals surface area contributed by atoms with Crippen molar-refractivity contribution in [1.29, 1.82) is 0 Å². The van der Waals surface area contributed by atoms with Crippen molar-refractivity contribution in [2.75, 3.05) is 19.8 Å². The Balaban J connectivity index is 1.09. The van der Waals surface area contributed by atoms with Gasteiger partial charge in [-0.25, -0.2) is 0 Å². The molecule has 70 heavy (non-hydrogen) atoms. The van der Waals surface area contributed by atoms with E-state index in [1.807, 2.05) is 20.8 Å². The normalized spacial score (nSPS) is 54.2. The van der Waals surface area contributed by atoms with Gasteiger partial charge in [0.2, 0.25) is 0 Å². The summed E-state index contributed by atoms with van der Waals surface area (Å²) >= 11 is 0. The zero-order chi connectivity index (χ0) is 51.6. The summed E-state index contributed by atoms with van der Waals surface area (Å²) in [5.74, 6) is -3.19. The van der Waals surface area contributed by atoms with Gasteiger partial charge in [-0.05, 0) is 91.3 Å². The lowest BCUT2D eigenvalue weighted by atomic mass is 9.29. The Labute approximate surface area is 408 Å². The van der Waals surface area contributed by atoms with Crippen LogP contribution < -0.4 is 0 Å². The number of rotatable bonds is 10. The molecular weight excluding hydrogens is 925 g/mol. The van der Waals surface area contributed by atoms with Crippen LogP contribution >= 0.6 is 0 Å². The molecule has 12 N–H and O–H groups in total. The fraction of sp³-hybridized carbons (Fsp3) is 0.959. The van der Waals surface area contributed by atoms with Gasteiger partial charge in [-0.2, -0.15) is 0 Å². The van der Waals surface area contributed by atoms with Crippen molar-refractivity contribution in [2.45, 2.75) is 223 Å². The van der Waals surface area contributed by atoms with Crippen LogP contribution in [0.5, 0.6) is 0 Å². The summed E-state index contributed by atoms with van der Waals surface area (Å²) in [6.45, 7) is 14.0. The maximum atomic E-state index is 14.4. The van der Waals surface area contributed by atoms with Crippen molar-refractivity contribution in [1.82, 2.24) is 0 Å². The zero-order valence-corrected chi connectivity index (χ0v) is 41.6. The fourth-order valence-corrected chi connectivity index (χ4v) is 16.2. The van der Waals surface area contributed by atoms with E-state index in [4.69, 9.17) is 33.2 Å². The minimum Gasteiger partial charge on any atom is -0.481 e. The van der Waals surface area contributed by atoms with Crippen molar-refractivity contribution in [2.24, 2.45) is 50.2 Å². The second kappa shape index (κ2) is 18.8. The summed E-state index contributed by atoms with van der Waals surface area (Å²) in [5, 5.41) is 131. The van der Waals surface area contributed by atoms with E-state index in [2.05, 4.69) is 27.7 Å². The first-order valence-electron chi connectivity index (χ1n) is 25.2. The highest BCUT2D eigenvalue weighted by Gasteiger charge is 2.81. The smallest absolute Gasteiger partial charge is 0.316 e. The summed E-state index contributed by atoms with van der Waals surface area (Å²) in [4.78, 5) is 27.6. The number of esters is 1. The first kappa shape index (κ1) is 54.5. The van der Waals surface area contributed by atoms with Gasteiger partial charge < -0.3 is 94.4 Å². The second-order valence-corrected chi connectivity index (χ2v) is 24.4. The highest BCUT2D eigenvalue weighted by Crippen LogP contribution is 2.78. The van der Waals surface area contributed by atoms with Gasteiger partial charge in [0, 0.05) is 18.3 Å². The molecule has 402 valence electrons. The average molecular weight is 1010 g/mol. The van der Waals surface area contributed by atoms with E-state index < -0.39 is 168 Å². The number of aliphatic hydroxyl groups excluding tert-OH is 10. The number of aliphatic carboxylic acids is 1. The highest BCUT2D eigenvalue weighted by molar-refractivity contribution is 5.79. The molecule has 3 saturated heterocycles. The SMILES string of the molecule is CC(=O)O[C@@H]1C[C@@]2(C)[C@@](O)(CC[C@H]3[C@]4(C)CC[C@H](O[C@@H]5OC[C@@H](O)[C@@H](O)[C@H]5O[C@H]5O[C@H](CO)[C@@H](O)[C@@H](O)[C@H]5O)C(C)(C)[C@H]4CC[C@]32C)[C@@H]2CC(C)(C)C[C@@H](O[C@H]3O[C@@H](CO)[C@H](O)[C@H](O)[C@@H]3O)[C@@]21C(=O)O. The fourth-order valence-electron chi connectivity index (χ4n) is 16.2. The largest absolute Gasteiger partial charge is 0.481 e. The minimum absolute atomic E-state index is 0.00596. The Kier molecular flexibility index (Phi) is 14.7. The maximum Gasteiger partial charge on any atom is 0.316 e. The molecule has 8 rings (SSSR count). The van der Waals surface area contributed by atoms with Crippen molar-refractivity contribution < 1.29 is 104 Å². The summed E-state index contributed by atoms with van der Waals surface area (Å²) in [6, 6.07) is 0. The molecule has 3 heterocycles. The molecule has 0 unspecified atom stereocenters. The molecule has 5 aliphatic carbocycles. The van der Waals surface area contributed by atoms with E-state index in [9.17, 15) is 70.9 Å². The van der Waals surface area contributed by atoms with Gasteiger partial charge in [0.15, 0.2) is 18.9 Å². The molecule has 3 aliphatic heterocycles. The number of aliphatic hydroxyl groups is 11. The van der Waals surface area contributed by atoms with Gasteiger partial charge in [0.25, 0.3) is 0 Å². The summed E-state index contributed by atoms with van der Waals surface area (Å²) in [6.07, 6.45) is -22.0. The topological polar surface area (TPSA) is 342 Å². The van der Waals surface area contributed by atoms with Crippen LogP contribution in [0.25, 0.3) is 0 Å². The third kappa shape index (κ3) is 8.13. The van der Waals surface area contributed by atoms with E-state index in [-0.39, 0.29) is 49.5 Å². The molecule has 0 aromatic heterocycles. The van der Waals surface area contributed by atoms with Crippen LogP contribution in [0.15, 0.2) is 0 Å². The lowest BCUT2D eigenvalue weighted by Crippen LogP contribution is -2.80. The maximum absolute atomic E-state index is 14.4. The van der Waals surface area contributed by atoms with Crippen LogP contribution in [-0.4, -0.2) is 203 Å². The van der Waals surface area contributed by atoms with Gasteiger partial charge in [-0.1, -0.05) is 48.5 Å². The lowest BCUT2D eigenvalue weighted by Gasteiger charge is -2.76. The Bertz CT molecular complexity index is 1920. The van der Waals surface area contributed by atoms with E-state index in [1.165, 1.54) is 6.92 Å². The number of hydrogen-bond acceptors (Lipinski definition) is 20. The Morgan fingerprint density at radius 1 is 0.600 bits per heavy atom. The number of carboxylic acids is 1. The van der Waals surface area contributed by atoms with Crippen molar-refractivity contribution in [3.63, 3.8) is 0 Å². The summed E-state index contributed by atoms with van der Waals surface area (Å²) < 4.78 is 42.7.